The van der Waals surface area contributed by atoms with Crippen LogP contribution in [0.2, 0.25) is 0 Å². The topological polar surface area (TPSA) is 35.2 Å². The average molecular weight is 235 g/mol. The molecule has 1 aromatic carbocycles. The van der Waals surface area contributed by atoms with Crippen LogP contribution >= 0.6 is 0 Å². The number of benzene rings is 1. The first-order valence-electron chi connectivity index (χ1n) is 6.55. The number of hydrogen-bond donors (Lipinski definition) is 1. The molecule has 0 amide bonds. The standard InChI is InChI=1S/C15H25NO/c1-4-17-9-8-15(16)14-7-5-6-13(11-14)10-12(2)3/h5-7,11-12,15H,4,8-10,16H2,1-3H3. The lowest BCUT2D eigenvalue weighted by atomic mass is 9.97. The van der Waals surface area contributed by atoms with Crippen molar-refractivity contribution in [2.24, 2.45) is 11.7 Å². The maximum absolute atomic E-state index is 6.16. The molecule has 0 radical (unpaired) electrons. The van der Waals surface area contributed by atoms with Gasteiger partial charge in [-0.25, -0.2) is 0 Å². The van der Waals surface area contributed by atoms with Crippen molar-refractivity contribution in [2.75, 3.05) is 13.2 Å². The summed E-state index contributed by atoms with van der Waals surface area (Å²) in [6.45, 7) is 7.99. The molecule has 0 saturated carbocycles. The van der Waals surface area contributed by atoms with Crippen LogP contribution in [-0.4, -0.2) is 13.2 Å². The summed E-state index contributed by atoms with van der Waals surface area (Å²) in [6.07, 6.45) is 2.00. The van der Waals surface area contributed by atoms with Crippen LogP contribution in [0.15, 0.2) is 24.3 Å². The zero-order valence-corrected chi connectivity index (χ0v) is 11.3. The molecule has 0 heterocycles. The Hall–Kier alpha value is -0.860. The molecule has 2 heteroatoms. The number of hydrogen-bond acceptors (Lipinski definition) is 2. The lowest BCUT2D eigenvalue weighted by Crippen LogP contribution is -2.13. The molecule has 0 aromatic heterocycles. The van der Waals surface area contributed by atoms with Crippen molar-refractivity contribution in [3.63, 3.8) is 0 Å². The Morgan fingerprint density at radius 1 is 1.29 bits per heavy atom. The van der Waals surface area contributed by atoms with Crippen molar-refractivity contribution in [1.82, 2.24) is 0 Å². The van der Waals surface area contributed by atoms with E-state index in [2.05, 4.69) is 38.1 Å². The smallest absolute Gasteiger partial charge is 0.0483 e. The van der Waals surface area contributed by atoms with E-state index >= 15 is 0 Å². The summed E-state index contributed by atoms with van der Waals surface area (Å²) in [6, 6.07) is 8.72. The van der Waals surface area contributed by atoms with Gasteiger partial charge in [0.15, 0.2) is 0 Å². The van der Waals surface area contributed by atoms with E-state index in [0.717, 1.165) is 26.1 Å². The van der Waals surface area contributed by atoms with Gasteiger partial charge < -0.3 is 10.5 Å². The highest BCUT2D eigenvalue weighted by atomic mass is 16.5. The quantitative estimate of drug-likeness (QED) is 0.736. The fraction of sp³-hybridized carbons (Fsp3) is 0.600. The van der Waals surface area contributed by atoms with Crippen LogP contribution < -0.4 is 5.73 Å². The SMILES string of the molecule is CCOCCC(N)c1cccc(CC(C)C)c1. The summed E-state index contributed by atoms with van der Waals surface area (Å²) in [5.74, 6) is 0.685. The summed E-state index contributed by atoms with van der Waals surface area (Å²) in [7, 11) is 0. The molecule has 0 bridgehead atoms. The molecule has 1 aromatic rings. The molecular formula is C15H25NO. The maximum Gasteiger partial charge on any atom is 0.0483 e. The lowest BCUT2D eigenvalue weighted by molar-refractivity contribution is 0.140. The van der Waals surface area contributed by atoms with Crippen LogP contribution in [0.3, 0.4) is 0 Å². The van der Waals surface area contributed by atoms with E-state index in [0.29, 0.717) is 5.92 Å². The molecule has 0 saturated heterocycles. The molecule has 0 spiro atoms. The summed E-state index contributed by atoms with van der Waals surface area (Å²) < 4.78 is 5.34. The molecular weight excluding hydrogens is 210 g/mol. The molecule has 1 unspecified atom stereocenters. The fourth-order valence-corrected chi connectivity index (χ4v) is 1.94. The van der Waals surface area contributed by atoms with Gasteiger partial charge in [0.25, 0.3) is 0 Å². The Labute approximate surface area is 105 Å². The van der Waals surface area contributed by atoms with Gasteiger partial charge in [-0.1, -0.05) is 38.1 Å². The van der Waals surface area contributed by atoms with Gasteiger partial charge >= 0.3 is 0 Å². The molecule has 0 aliphatic heterocycles. The van der Waals surface area contributed by atoms with Crippen LogP contribution in [0.4, 0.5) is 0 Å². The van der Waals surface area contributed by atoms with Crippen molar-refractivity contribution < 1.29 is 4.74 Å². The van der Waals surface area contributed by atoms with Gasteiger partial charge in [-0.15, -0.1) is 0 Å². The Morgan fingerprint density at radius 3 is 2.71 bits per heavy atom. The first kappa shape index (κ1) is 14.2. The second kappa shape index (κ2) is 7.46. The first-order chi connectivity index (χ1) is 8.13. The van der Waals surface area contributed by atoms with E-state index in [1.54, 1.807) is 0 Å². The van der Waals surface area contributed by atoms with Crippen LogP contribution in [-0.2, 0) is 11.2 Å². The second-order valence-electron chi connectivity index (χ2n) is 4.94. The van der Waals surface area contributed by atoms with Gasteiger partial charge in [0.1, 0.15) is 0 Å². The molecule has 0 aliphatic rings. The molecule has 0 aliphatic carbocycles. The van der Waals surface area contributed by atoms with E-state index in [1.807, 2.05) is 6.92 Å². The first-order valence-corrected chi connectivity index (χ1v) is 6.55. The minimum Gasteiger partial charge on any atom is -0.382 e. The predicted octanol–water partition coefficient (Wildman–Crippen LogP) is 3.31. The lowest BCUT2D eigenvalue weighted by Gasteiger charge is -2.14. The van der Waals surface area contributed by atoms with E-state index in [-0.39, 0.29) is 6.04 Å². The van der Waals surface area contributed by atoms with Crippen molar-refractivity contribution in [2.45, 2.75) is 39.7 Å². The molecule has 1 rings (SSSR count). The summed E-state index contributed by atoms with van der Waals surface area (Å²) >= 11 is 0. The third-order valence-electron chi connectivity index (χ3n) is 2.80. The largest absolute Gasteiger partial charge is 0.382 e. The maximum atomic E-state index is 6.16. The Morgan fingerprint density at radius 2 is 2.06 bits per heavy atom. The van der Waals surface area contributed by atoms with Crippen molar-refractivity contribution in [1.29, 1.82) is 0 Å². The number of rotatable bonds is 7. The minimum absolute atomic E-state index is 0.0914. The molecule has 1 atom stereocenters. The van der Waals surface area contributed by atoms with Crippen LogP contribution in [0, 0.1) is 5.92 Å². The Bertz CT molecular complexity index is 322. The molecule has 96 valence electrons. The van der Waals surface area contributed by atoms with Crippen LogP contribution in [0.5, 0.6) is 0 Å². The second-order valence-corrected chi connectivity index (χ2v) is 4.94. The minimum atomic E-state index is 0.0914. The van der Waals surface area contributed by atoms with Gasteiger partial charge in [-0.2, -0.15) is 0 Å². The van der Waals surface area contributed by atoms with Crippen molar-refractivity contribution >= 4 is 0 Å². The Balaban J connectivity index is 2.57. The third-order valence-corrected chi connectivity index (χ3v) is 2.80. The normalized spacial score (nSPS) is 13.0. The molecule has 2 N–H and O–H groups in total. The van der Waals surface area contributed by atoms with Gasteiger partial charge in [0, 0.05) is 19.3 Å². The highest BCUT2D eigenvalue weighted by Crippen LogP contribution is 2.17. The highest BCUT2D eigenvalue weighted by molar-refractivity contribution is 5.26. The van der Waals surface area contributed by atoms with E-state index in [1.165, 1.54) is 11.1 Å². The zero-order valence-electron chi connectivity index (χ0n) is 11.3. The van der Waals surface area contributed by atoms with Crippen LogP contribution in [0.1, 0.15) is 44.4 Å². The molecule has 0 fully saturated rings. The molecule has 2 nitrogen and oxygen atoms in total. The monoisotopic (exact) mass is 235 g/mol. The summed E-state index contributed by atoms with van der Waals surface area (Å²) in [5.41, 5.74) is 8.76. The van der Waals surface area contributed by atoms with Gasteiger partial charge in [-0.3, -0.25) is 0 Å². The predicted molar refractivity (Wildman–Crippen MR) is 73.0 cm³/mol. The Kier molecular flexibility index (Phi) is 6.23. The zero-order chi connectivity index (χ0) is 12.7. The van der Waals surface area contributed by atoms with Crippen molar-refractivity contribution in [3.05, 3.63) is 35.4 Å². The average Bonchev–Trinajstić information content (AvgIpc) is 2.28. The number of ether oxygens (including phenoxy) is 1. The van der Waals surface area contributed by atoms with Gasteiger partial charge in [-0.05, 0) is 36.8 Å². The third kappa shape index (κ3) is 5.33. The fourth-order valence-electron chi connectivity index (χ4n) is 1.94. The van der Waals surface area contributed by atoms with E-state index in [9.17, 15) is 0 Å². The molecule has 17 heavy (non-hydrogen) atoms. The van der Waals surface area contributed by atoms with Crippen molar-refractivity contribution in [3.8, 4) is 0 Å². The van der Waals surface area contributed by atoms with E-state index < -0.39 is 0 Å². The summed E-state index contributed by atoms with van der Waals surface area (Å²) in [5, 5.41) is 0. The van der Waals surface area contributed by atoms with Crippen LogP contribution in [0.25, 0.3) is 0 Å². The van der Waals surface area contributed by atoms with E-state index in [4.69, 9.17) is 10.5 Å². The highest BCUT2D eigenvalue weighted by Gasteiger charge is 2.07. The van der Waals surface area contributed by atoms with Gasteiger partial charge in [0.05, 0.1) is 0 Å². The summed E-state index contributed by atoms with van der Waals surface area (Å²) in [4.78, 5) is 0. The van der Waals surface area contributed by atoms with Gasteiger partial charge in [0.2, 0.25) is 0 Å². The number of nitrogens with two attached hydrogens (primary N) is 1.